The number of hydrogen-bond acceptors (Lipinski definition) is 1. The summed E-state index contributed by atoms with van der Waals surface area (Å²) in [5.41, 5.74) is 0. The van der Waals surface area contributed by atoms with Crippen molar-refractivity contribution in [2.75, 3.05) is 0 Å². The van der Waals surface area contributed by atoms with Crippen LogP contribution in [0.5, 0.6) is 0 Å². The molecule has 0 spiro atoms. The molecule has 1 saturated carbocycles. The fourth-order valence-corrected chi connectivity index (χ4v) is 1.30. The third-order valence-corrected chi connectivity index (χ3v) is 2.04. The molecule has 1 nitrogen and oxygen atoms in total. The molecule has 10 heavy (non-hydrogen) atoms. The van der Waals surface area contributed by atoms with Gasteiger partial charge in [0.1, 0.15) is 12.3 Å². The lowest BCUT2D eigenvalue weighted by atomic mass is 10.1. The van der Waals surface area contributed by atoms with Gasteiger partial charge in [0.2, 0.25) is 5.24 Å². The standard InChI is InChI=1S/C6H7ClF2O/c7-6(10)3-1-4(8)5(9)2-3/h3-5H,1-2H2. The highest BCUT2D eigenvalue weighted by Crippen LogP contribution is 2.31. The fourth-order valence-electron chi connectivity index (χ4n) is 1.12. The third kappa shape index (κ3) is 1.45. The van der Waals surface area contributed by atoms with Crippen molar-refractivity contribution in [2.24, 2.45) is 5.92 Å². The van der Waals surface area contributed by atoms with E-state index >= 15 is 0 Å². The van der Waals surface area contributed by atoms with Gasteiger partial charge in [0, 0.05) is 5.92 Å². The Morgan fingerprint density at radius 3 is 1.90 bits per heavy atom. The zero-order valence-corrected chi connectivity index (χ0v) is 5.94. The molecule has 2 unspecified atom stereocenters. The number of hydrogen-bond donors (Lipinski definition) is 0. The summed E-state index contributed by atoms with van der Waals surface area (Å²) in [5.74, 6) is -0.605. The van der Waals surface area contributed by atoms with E-state index in [4.69, 9.17) is 11.6 Å². The molecule has 0 aromatic carbocycles. The molecule has 0 saturated heterocycles. The van der Waals surface area contributed by atoms with Gasteiger partial charge >= 0.3 is 0 Å². The average Bonchev–Trinajstić information content (AvgIpc) is 2.13. The van der Waals surface area contributed by atoms with E-state index in [2.05, 4.69) is 0 Å². The van der Waals surface area contributed by atoms with Gasteiger partial charge < -0.3 is 0 Å². The van der Waals surface area contributed by atoms with Gasteiger partial charge in [-0.15, -0.1) is 0 Å². The first kappa shape index (κ1) is 7.92. The van der Waals surface area contributed by atoms with Crippen LogP contribution in [0.15, 0.2) is 0 Å². The Kier molecular flexibility index (Phi) is 2.24. The van der Waals surface area contributed by atoms with Gasteiger partial charge in [0.05, 0.1) is 0 Å². The highest BCUT2D eigenvalue weighted by molar-refractivity contribution is 6.64. The van der Waals surface area contributed by atoms with Crippen molar-refractivity contribution in [3.63, 3.8) is 0 Å². The largest absolute Gasteiger partial charge is 0.281 e. The SMILES string of the molecule is O=C(Cl)C1CC(F)C(F)C1. The monoisotopic (exact) mass is 168 g/mol. The van der Waals surface area contributed by atoms with Gasteiger partial charge in [0.15, 0.2) is 0 Å². The lowest BCUT2D eigenvalue weighted by molar-refractivity contribution is -0.115. The summed E-state index contributed by atoms with van der Waals surface area (Å²) in [4.78, 5) is 10.4. The first-order valence-corrected chi connectivity index (χ1v) is 3.46. The number of halogens is 3. The molecule has 0 amide bonds. The Morgan fingerprint density at radius 2 is 1.70 bits per heavy atom. The van der Waals surface area contributed by atoms with Crippen LogP contribution < -0.4 is 0 Å². The molecule has 1 aliphatic rings. The summed E-state index contributed by atoms with van der Waals surface area (Å²) >= 11 is 5.04. The summed E-state index contributed by atoms with van der Waals surface area (Å²) in [7, 11) is 0. The molecule has 0 aliphatic heterocycles. The predicted octanol–water partition coefficient (Wildman–Crippen LogP) is 1.84. The molecule has 0 N–H and O–H groups in total. The van der Waals surface area contributed by atoms with E-state index in [-0.39, 0.29) is 12.8 Å². The molecule has 1 rings (SSSR count). The Labute approximate surface area is 62.4 Å². The average molecular weight is 169 g/mol. The molecule has 58 valence electrons. The van der Waals surface area contributed by atoms with E-state index in [1.54, 1.807) is 0 Å². The van der Waals surface area contributed by atoms with E-state index in [9.17, 15) is 13.6 Å². The molecule has 0 aromatic heterocycles. The van der Waals surface area contributed by atoms with Crippen molar-refractivity contribution in [3.05, 3.63) is 0 Å². The molecule has 2 atom stereocenters. The van der Waals surface area contributed by atoms with Crippen molar-refractivity contribution in [1.29, 1.82) is 0 Å². The minimum Gasteiger partial charge on any atom is -0.281 e. The van der Waals surface area contributed by atoms with Gasteiger partial charge in [-0.25, -0.2) is 8.78 Å². The van der Waals surface area contributed by atoms with Crippen molar-refractivity contribution in [2.45, 2.75) is 25.2 Å². The Morgan fingerprint density at radius 1 is 1.30 bits per heavy atom. The maximum absolute atomic E-state index is 12.3. The summed E-state index contributed by atoms with van der Waals surface area (Å²) in [5, 5.41) is -0.622. The highest BCUT2D eigenvalue weighted by Gasteiger charge is 2.37. The van der Waals surface area contributed by atoms with Crippen LogP contribution in [0, 0.1) is 5.92 Å². The van der Waals surface area contributed by atoms with Crippen LogP contribution >= 0.6 is 11.6 Å². The van der Waals surface area contributed by atoms with Crippen LogP contribution in [0.3, 0.4) is 0 Å². The van der Waals surface area contributed by atoms with Crippen LogP contribution in [0.25, 0.3) is 0 Å². The minimum absolute atomic E-state index is 0.0521. The number of rotatable bonds is 1. The maximum atomic E-state index is 12.3. The number of carbonyl (C=O) groups excluding carboxylic acids is 1. The first-order valence-electron chi connectivity index (χ1n) is 3.08. The molecule has 0 aromatic rings. The van der Waals surface area contributed by atoms with Crippen LogP contribution in [-0.2, 0) is 4.79 Å². The molecule has 0 heterocycles. The summed E-state index contributed by atoms with van der Waals surface area (Å²) in [6.07, 6.45) is -3.09. The van der Waals surface area contributed by atoms with Gasteiger partial charge in [-0.2, -0.15) is 0 Å². The topological polar surface area (TPSA) is 17.1 Å². The van der Waals surface area contributed by atoms with E-state index in [0.29, 0.717) is 0 Å². The Hall–Kier alpha value is -0.180. The molecule has 0 bridgehead atoms. The van der Waals surface area contributed by atoms with Crippen LogP contribution in [-0.4, -0.2) is 17.6 Å². The van der Waals surface area contributed by atoms with Gasteiger partial charge in [-0.1, -0.05) is 0 Å². The summed E-state index contributed by atoms with van der Waals surface area (Å²) in [6.45, 7) is 0. The summed E-state index contributed by atoms with van der Waals surface area (Å²) < 4.78 is 24.7. The zero-order chi connectivity index (χ0) is 7.72. The molecule has 4 heteroatoms. The van der Waals surface area contributed by atoms with Crippen LogP contribution in [0.1, 0.15) is 12.8 Å². The molecule has 0 radical (unpaired) electrons. The van der Waals surface area contributed by atoms with E-state index in [0.717, 1.165) is 0 Å². The van der Waals surface area contributed by atoms with Gasteiger partial charge in [0.25, 0.3) is 0 Å². The van der Waals surface area contributed by atoms with Crippen LogP contribution in [0.4, 0.5) is 8.78 Å². The second-order valence-electron chi connectivity index (χ2n) is 2.50. The van der Waals surface area contributed by atoms with Gasteiger partial charge in [-0.3, -0.25) is 4.79 Å². The normalized spacial score (nSPS) is 40.1. The first-order chi connectivity index (χ1) is 4.61. The Bertz CT molecular complexity index is 141. The van der Waals surface area contributed by atoms with Gasteiger partial charge in [-0.05, 0) is 24.4 Å². The molecular weight excluding hydrogens is 162 g/mol. The maximum Gasteiger partial charge on any atom is 0.224 e. The second-order valence-corrected chi connectivity index (χ2v) is 2.88. The third-order valence-electron chi connectivity index (χ3n) is 1.73. The molecule has 1 fully saturated rings. The van der Waals surface area contributed by atoms with E-state index < -0.39 is 23.5 Å². The fraction of sp³-hybridized carbons (Fsp3) is 0.833. The predicted molar refractivity (Wildman–Crippen MR) is 33.4 cm³/mol. The molecule has 1 aliphatic carbocycles. The lowest BCUT2D eigenvalue weighted by Crippen LogP contribution is -2.06. The highest BCUT2D eigenvalue weighted by atomic mass is 35.5. The quantitative estimate of drug-likeness (QED) is 0.546. The second kappa shape index (κ2) is 2.82. The minimum atomic E-state index is -1.49. The summed E-state index contributed by atoms with van der Waals surface area (Å²) in [6, 6.07) is 0. The van der Waals surface area contributed by atoms with Crippen molar-refractivity contribution in [1.82, 2.24) is 0 Å². The van der Waals surface area contributed by atoms with E-state index in [1.807, 2.05) is 0 Å². The number of carbonyl (C=O) groups is 1. The van der Waals surface area contributed by atoms with E-state index in [1.165, 1.54) is 0 Å². The molecular formula is C6H7ClF2O. The smallest absolute Gasteiger partial charge is 0.224 e. The number of alkyl halides is 2. The van der Waals surface area contributed by atoms with Crippen molar-refractivity contribution >= 4 is 16.8 Å². The van der Waals surface area contributed by atoms with Crippen molar-refractivity contribution in [3.8, 4) is 0 Å². The lowest BCUT2D eigenvalue weighted by Gasteiger charge is -1.97. The van der Waals surface area contributed by atoms with Crippen LogP contribution in [0.2, 0.25) is 0 Å². The zero-order valence-electron chi connectivity index (χ0n) is 5.19. The van der Waals surface area contributed by atoms with Crippen molar-refractivity contribution < 1.29 is 13.6 Å². The Balaban J connectivity index is 2.49.